The molecule has 3 heterocycles. The maximum atomic E-state index is 13.3. The van der Waals surface area contributed by atoms with Gasteiger partial charge in [-0.1, -0.05) is 0 Å². The van der Waals surface area contributed by atoms with Gasteiger partial charge in [0.05, 0.1) is 54.7 Å². The molecule has 1 atom stereocenters. The summed E-state index contributed by atoms with van der Waals surface area (Å²) in [7, 11) is 1.39. The van der Waals surface area contributed by atoms with Gasteiger partial charge in [-0.2, -0.15) is 13.2 Å². The minimum atomic E-state index is -4.75. The standard InChI is InChI=1S/C24H22F4N6O4/c1-37-22-31-9-14(10-32-22)20(35)34-23(6-7-38-13-23)21(36)30-11-16-3-4-17(12-29-16)33-19-5-2-15(25)8-18(19)24(26,27)28/h2-5,8-10,12,33H,6-7,11,13H2,1H3,(H,30,36)(H,34,35). The molecule has 0 aliphatic carbocycles. The summed E-state index contributed by atoms with van der Waals surface area (Å²) < 4.78 is 63.2. The number of nitrogens with zero attached hydrogens (tertiary/aromatic N) is 3. The molecule has 0 saturated carbocycles. The number of nitrogens with one attached hydrogen (secondary N) is 3. The van der Waals surface area contributed by atoms with Crippen molar-refractivity contribution in [1.82, 2.24) is 25.6 Å². The molecular weight excluding hydrogens is 512 g/mol. The highest BCUT2D eigenvalue weighted by Crippen LogP contribution is 2.36. The third-order valence-electron chi connectivity index (χ3n) is 5.70. The fraction of sp³-hybridized carbons (Fsp3) is 0.292. The summed E-state index contributed by atoms with van der Waals surface area (Å²) in [5, 5.41) is 7.97. The van der Waals surface area contributed by atoms with Crippen LogP contribution in [-0.2, 0) is 22.3 Å². The summed E-state index contributed by atoms with van der Waals surface area (Å²) in [6.07, 6.45) is -0.697. The molecule has 38 heavy (non-hydrogen) atoms. The van der Waals surface area contributed by atoms with Gasteiger partial charge in [0.2, 0.25) is 5.91 Å². The Morgan fingerprint density at radius 3 is 2.47 bits per heavy atom. The topological polar surface area (TPSA) is 127 Å². The second-order valence-electron chi connectivity index (χ2n) is 8.33. The Morgan fingerprint density at radius 1 is 1.11 bits per heavy atom. The Morgan fingerprint density at radius 2 is 1.87 bits per heavy atom. The van der Waals surface area contributed by atoms with E-state index in [9.17, 15) is 27.2 Å². The predicted molar refractivity (Wildman–Crippen MR) is 125 cm³/mol. The fourth-order valence-corrected chi connectivity index (χ4v) is 3.69. The zero-order chi connectivity index (χ0) is 27.3. The number of amides is 2. The molecule has 1 fully saturated rings. The van der Waals surface area contributed by atoms with Crippen LogP contribution in [0.1, 0.15) is 28.0 Å². The van der Waals surface area contributed by atoms with E-state index >= 15 is 0 Å². The maximum Gasteiger partial charge on any atom is 0.418 e. The van der Waals surface area contributed by atoms with Gasteiger partial charge in [0.1, 0.15) is 11.4 Å². The quantitative estimate of drug-likeness (QED) is 0.377. The highest BCUT2D eigenvalue weighted by atomic mass is 19.4. The molecule has 1 unspecified atom stereocenters. The number of carbonyl (C=O) groups excluding carboxylic acids is 2. The van der Waals surface area contributed by atoms with Crippen LogP contribution in [-0.4, -0.2) is 52.6 Å². The number of halogens is 4. The van der Waals surface area contributed by atoms with Crippen LogP contribution < -0.4 is 20.7 Å². The van der Waals surface area contributed by atoms with Crippen LogP contribution in [0.5, 0.6) is 6.01 Å². The SMILES string of the molecule is COc1ncc(C(=O)NC2(C(=O)NCc3ccc(Nc4ccc(F)cc4C(F)(F)F)cn3)CCOC2)cn1. The minimum Gasteiger partial charge on any atom is -0.467 e. The molecule has 0 bridgehead atoms. The van der Waals surface area contributed by atoms with E-state index in [0.29, 0.717) is 11.8 Å². The highest BCUT2D eigenvalue weighted by Gasteiger charge is 2.44. The van der Waals surface area contributed by atoms with Crippen LogP contribution in [0.2, 0.25) is 0 Å². The summed E-state index contributed by atoms with van der Waals surface area (Å²) in [6, 6.07) is 5.37. The molecule has 3 N–H and O–H groups in total. The van der Waals surface area contributed by atoms with Gasteiger partial charge in [0.25, 0.3) is 5.91 Å². The largest absolute Gasteiger partial charge is 0.467 e. The number of benzene rings is 1. The van der Waals surface area contributed by atoms with Crippen LogP contribution in [0.15, 0.2) is 48.9 Å². The number of anilines is 2. The van der Waals surface area contributed by atoms with E-state index in [2.05, 4.69) is 30.9 Å². The van der Waals surface area contributed by atoms with Crippen molar-refractivity contribution in [1.29, 1.82) is 0 Å². The number of alkyl halides is 3. The van der Waals surface area contributed by atoms with Crippen LogP contribution in [0.4, 0.5) is 28.9 Å². The Kier molecular flexibility index (Phi) is 7.71. The monoisotopic (exact) mass is 534 g/mol. The summed E-state index contributed by atoms with van der Waals surface area (Å²) >= 11 is 0. The number of pyridine rings is 1. The molecule has 3 aromatic rings. The van der Waals surface area contributed by atoms with E-state index in [1.807, 2.05) is 0 Å². The molecule has 2 aromatic heterocycles. The van der Waals surface area contributed by atoms with Gasteiger partial charge in [-0.15, -0.1) is 0 Å². The second-order valence-corrected chi connectivity index (χ2v) is 8.33. The third kappa shape index (κ3) is 6.14. The first-order valence-electron chi connectivity index (χ1n) is 11.2. The number of rotatable bonds is 8. The van der Waals surface area contributed by atoms with E-state index in [4.69, 9.17) is 9.47 Å². The first-order valence-corrected chi connectivity index (χ1v) is 11.2. The number of hydrogen-bond donors (Lipinski definition) is 3. The molecule has 1 aromatic carbocycles. The lowest BCUT2D eigenvalue weighted by molar-refractivity contribution is -0.137. The normalized spacial score (nSPS) is 17.1. The van der Waals surface area contributed by atoms with Crippen molar-refractivity contribution in [3.8, 4) is 6.01 Å². The zero-order valence-electron chi connectivity index (χ0n) is 19.9. The van der Waals surface area contributed by atoms with Gasteiger partial charge in [-0.05, 0) is 30.3 Å². The summed E-state index contributed by atoms with van der Waals surface area (Å²) in [4.78, 5) is 37.6. The van der Waals surface area contributed by atoms with Crippen molar-refractivity contribution in [2.75, 3.05) is 25.6 Å². The van der Waals surface area contributed by atoms with E-state index in [-0.39, 0.29) is 49.1 Å². The van der Waals surface area contributed by atoms with Crippen LogP contribution in [0.3, 0.4) is 0 Å². The van der Waals surface area contributed by atoms with E-state index < -0.39 is 34.9 Å². The number of ether oxygens (including phenoxy) is 2. The van der Waals surface area contributed by atoms with Gasteiger partial charge in [-0.25, -0.2) is 14.4 Å². The van der Waals surface area contributed by atoms with Gasteiger partial charge in [-0.3, -0.25) is 14.6 Å². The lowest BCUT2D eigenvalue weighted by atomic mass is 9.96. The molecular formula is C24H22F4N6O4. The molecule has 4 rings (SSSR count). The Bertz CT molecular complexity index is 1300. The van der Waals surface area contributed by atoms with Crippen LogP contribution in [0, 0.1) is 5.82 Å². The van der Waals surface area contributed by atoms with Crippen LogP contribution in [0.25, 0.3) is 0 Å². The molecule has 200 valence electrons. The number of hydrogen-bond acceptors (Lipinski definition) is 8. The predicted octanol–water partition coefficient (Wildman–Crippen LogP) is 2.99. The number of carbonyl (C=O) groups is 2. The summed E-state index contributed by atoms with van der Waals surface area (Å²) in [6.45, 7) is 0.193. The number of methoxy groups -OCH3 is 1. The number of aromatic nitrogens is 3. The van der Waals surface area contributed by atoms with Crippen molar-refractivity contribution in [2.24, 2.45) is 0 Å². The zero-order valence-corrected chi connectivity index (χ0v) is 19.9. The van der Waals surface area contributed by atoms with Crippen molar-refractivity contribution in [3.05, 3.63) is 71.6 Å². The second kappa shape index (κ2) is 11.0. The lowest BCUT2D eigenvalue weighted by Gasteiger charge is -2.27. The first kappa shape index (κ1) is 26.7. The molecule has 1 saturated heterocycles. The van der Waals surface area contributed by atoms with Gasteiger partial charge in [0.15, 0.2) is 0 Å². The van der Waals surface area contributed by atoms with Gasteiger partial charge >= 0.3 is 12.2 Å². The smallest absolute Gasteiger partial charge is 0.418 e. The minimum absolute atomic E-state index is 0.0211. The van der Waals surface area contributed by atoms with E-state index in [1.165, 1.54) is 37.8 Å². The summed E-state index contributed by atoms with van der Waals surface area (Å²) in [5.74, 6) is -2.07. The van der Waals surface area contributed by atoms with Gasteiger partial charge in [0, 0.05) is 25.4 Å². The average molecular weight is 534 g/mol. The van der Waals surface area contributed by atoms with Crippen molar-refractivity contribution < 1.29 is 36.6 Å². The molecule has 1 aliphatic rings. The van der Waals surface area contributed by atoms with Crippen molar-refractivity contribution >= 4 is 23.2 Å². The molecule has 0 radical (unpaired) electrons. The molecule has 1 aliphatic heterocycles. The summed E-state index contributed by atoms with van der Waals surface area (Å²) in [5.41, 5.74) is -2.04. The van der Waals surface area contributed by atoms with Crippen molar-refractivity contribution in [2.45, 2.75) is 24.7 Å². The van der Waals surface area contributed by atoms with E-state index in [1.54, 1.807) is 0 Å². The molecule has 14 heteroatoms. The van der Waals surface area contributed by atoms with Crippen molar-refractivity contribution in [3.63, 3.8) is 0 Å². The Balaban J connectivity index is 1.39. The van der Waals surface area contributed by atoms with Crippen LogP contribution >= 0.6 is 0 Å². The lowest BCUT2D eigenvalue weighted by Crippen LogP contribution is -2.59. The van der Waals surface area contributed by atoms with E-state index in [0.717, 1.165) is 12.1 Å². The molecule has 10 nitrogen and oxygen atoms in total. The Labute approximate surface area is 213 Å². The average Bonchev–Trinajstić information content (AvgIpc) is 3.38. The fourth-order valence-electron chi connectivity index (χ4n) is 3.69. The third-order valence-corrected chi connectivity index (χ3v) is 5.70. The van der Waals surface area contributed by atoms with Gasteiger partial charge < -0.3 is 25.4 Å². The highest BCUT2D eigenvalue weighted by molar-refractivity contribution is 5.99. The molecule has 0 spiro atoms. The maximum absolute atomic E-state index is 13.3. The Hall–Kier alpha value is -4.33. The first-order chi connectivity index (χ1) is 18.1. The molecule has 2 amide bonds.